The molecule has 2 N–H and O–H groups in total. The normalized spacial score (nSPS) is 24.3. The van der Waals surface area contributed by atoms with E-state index < -0.39 is 5.41 Å². The van der Waals surface area contributed by atoms with E-state index in [-0.39, 0.29) is 35.8 Å². The van der Waals surface area contributed by atoms with E-state index in [1.165, 1.54) is 0 Å². The highest BCUT2D eigenvalue weighted by molar-refractivity contribution is 5.86. The fraction of sp³-hybridized carbons (Fsp3) is 0.875. The van der Waals surface area contributed by atoms with Crippen LogP contribution in [0.25, 0.3) is 0 Å². The summed E-state index contributed by atoms with van der Waals surface area (Å²) in [5.74, 6) is 0.147. The van der Waals surface area contributed by atoms with Gasteiger partial charge in [-0.3, -0.25) is 9.59 Å². The molecule has 134 valence electrons. The lowest BCUT2D eigenvalue weighted by Gasteiger charge is -2.36. The zero-order valence-electron chi connectivity index (χ0n) is 14.6. The van der Waals surface area contributed by atoms with Gasteiger partial charge in [-0.2, -0.15) is 0 Å². The molecule has 2 aliphatic rings. The first-order chi connectivity index (χ1) is 10.3. The van der Waals surface area contributed by atoms with Crippen LogP contribution in [0, 0.1) is 5.41 Å². The molecule has 0 saturated carbocycles. The van der Waals surface area contributed by atoms with Crippen LogP contribution in [0.15, 0.2) is 0 Å². The number of carbonyl (C=O) groups excluding carboxylic acids is 2. The second-order valence-corrected chi connectivity index (χ2v) is 7.51. The molecule has 2 saturated heterocycles. The van der Waals surface area contributed by atoms with Gasteiger partial charge < -0.3 is 20.3 Å². The smallest absolute Gasteiger partial charge is 0.228 e. The molecule has 2 rings (SSSR count). The van der Waals surface area contributed by atoms with Crippen molar-refractivity contribution in [3.05, 3.63) is 0 Å². The molecule has 2 heterocycles. The van der Waals surface area contributed by atoms with Crippen molar-refractivity contribution in [2.75, 3.05) is 33.4 Å². The van der Waals surface area contributed by atoms with Crippen LogP contribution < -0.4 is 10.6 Å². The number of amides is 2. The van der Waals surface area contributed by atoms with Gasteiger partial charge in [0.1, 0.15) is 0 Å². The Hall–Kier alpha value is -0.850. The lowest BCUT2D eigenvalue weighted by molar-refractivity contribution is -0.136. The number of ether oxygens (including phenoxy) is 1. The minimum atomic E-state index is -0.460. The van der Waals surface area contributed by atoms with Crippen molar-refractivity contribution in [1.82, 2.24) is 15.5 Å². The number of nitrogens with one attached hydrogen (secondary N) is 2. The molecule has 0 bridgehead atoms. The first-order valence-electron chi connectivity index (χ1n) is 8.10. The summed E-state index contributed by atoms with van der Waals surface area (Å²) in [4.78, 5) is 26.8. The van der Waals surface area contributed by atoms with Crippen LogP contribution in [0.4, 0.5) is 0 Å². The van der Waals surface area contributed by atoms with Gasteiger partial charge in [0, 0.05) is 25.6 Å². The maximum absolute atomic E-state index is 12.8. The zero-order valence-corrected chi connectivity index (χ0v) is 15.4. The Morgan fingerprint density at radius 1 is 1.39 bits per heavy atom. The summed E-state index contributed by atoms with van der Waals surface area (Å²) in [6, 6.07) is -0.0946. The van der Waals surface area contributed by atoms with Gasteiger partial charge in [0.25, 0.3) is 0 Å². The molecule has 0 aromatic carbocycles. The monoisotopic (exact) mass is 347 g/mol. The Balaban J connectivity index is 0.00000264. The highest BCUT2D eigenvalue weighted by Crippen LogP contribution is 2.30. The van der Waals surface area contributed by atoms with Gasteiger partial charge >= 0.3 is 0 Å². The predicted molar refractivity (Wildman–Crippen MR) is 91.7 cm³/mol. The molecular formula is C16H30ClN3O3. The molecule has 6 nitrogen and oxygen atoms in total. The highest BCUT2D eigenvalue weighted by atomic mass is 35.5. The summed E-state index contributed by atoms with van der Waals surface area (Å²) in [5.41, 5.74) is -0.659. The average Bonchev–Trinajstić information content (AvgIpc) is 2.81. The minimum absolute atomic E-state index is 0. The number of carbonyl (C=O) groups is 2. The number of hydrogen-bond acceptors (Lipinski definition) is 4. The summed E-state index contributed by atoms with van der Waals surface area (Å²) in [6.07, 6.45) is 1.94. The van der Waals surface area contributed by atoms with Gasteiger partial charge in [-0.15, -0.1) is 12.4 Å². The molecule has 0 aromatic heterocycles. The largest absolute Gasteiger partial charge is 0.384 e. The van der Waals surface area contributed by atoms with Crippen molar-refractivity contribution in [2.24, 2.45) is 5.41 Å². The Morgan fingerprint density at radius 3 is 2.48 bits per heavy atom. The van der Waals surface area contributed by atoms with Gasteiger partial charge in [-0.05, 0) is 46.7 Å². The lowest BCUT2D eigenvalue weighted by atomic mass is 9.78. The summed E-state index contributed by atoms with van der Waals surface area (Å²) in [7, 11) is 1.64. The Bertz CT molecular complexity index is 425. The van der Waals surface area contributed by atoms with Crippen LogP contribution in [0.5, 0.6) is 0 Å². The van der Waals surface area contributed by atoms with Crippen molar-refractivity contribution in [1.29, 1.82) is 0 Å². The number of methoxy groups -OCH3 is 1. The fourth-order valence-electron chi connectivity index (χ4n) is 3.41. The first kappa shape index (κ1) is 20.2. The molecular weight excluding hydrogens is 318 g/mol. The summed E-state index contributed by atoms with van der Waals surface area (Å²) >= 11 is 0. The molecule has 7 heteroatoms. The maximum atomic E-state index is 12.8. The zero-order chi connectivity index (χ0) is 16.4. The summed E-state index contributed by atoms with van der Waals surface area (Å²) in [6.45, 7) is 8.75. The van der Waals surface area contributed by atoms with E-state index in [1.54, 1.807) is 7.11 Å². The van der Waals surface area contributed by atoms with Crippen molar-refractivity contribution in [3.8, 4) is 0 Å². The van der Waals surface area contributed by atoms with E-state index in [4.69, 9.17) is 4.74 Å². The van der Waals surface area contributed by atoms with Crippen LogP contribution in [-0.4, -0.2) is 61.6 Å². The molecule has 2 amide bonds. The topological polar surface area (TPSA) is 70.7 Å². The molecule has 2 fully saturated rings. The van der Waals surface area contributed by atoms with Gasteiger partial charge in [-0.25, -0.2) is 0 Å². The summed E-state index contributed by atoms with van der Waals surface area (Å²) < 4.78 is 5.30. The van der Waals surface area contributed by atoms with Crippen molar-refractivity contribution in [3.63, 3.8) is 0 Å². The van der Waals surface area contributed by atoms with E-state index >= 15 is 0 Å². The van der Waals surface area contributed by atoms with Gasteiger partial charge in [-0.1, -0.05) is 0 Å². The molecule has 0 spiro atoms. The van der Waals surface area contributed by atoms with E-state index in [9.17, 15) is 9.59 Å². The summed E-state index contributed by atoms with van der Waals surface area (Å²) in [5, 5.41) is 6.38. The lowest BCUT2D eigenvalue weighted by Crippen LogP contribution is -2.53. The second-order valence-electron chi connectivity index (χ2n) is 7.51. The molecule has 1 atom stereocenters. The third-order valence-corrected chi connectivity index (χ3v) is 4.73. The maximum Gasteiger partial charge on any atom is 0.228 e. The van der Waals surface area contributed by atoms with Crippen LogP contribution in [0.3, 0.4) is 0 Å². The number of hydrogen-bond donors (Lipinski definition) is 2. The molecule has 2 aliphatic heterocycles. The number of likely N-dealkylation sites (tertiary alicyclic amines) is 1. The Kier molecular flexibility index (Phi) is 6.86. The van der Waals surface area contributed by atoms with Crippen LogP contribution >= 0.6 is 12.4 Å². The molecule has 0 aliphatic carbocycles. The standard InChI is InChI=1S/C16H29N3O3.ClH/c1-15(2,3)19-10-12(9-13(19)20)18-14(21)16(11-22-4)5-7-17-8-6-16;/h12,17H,5-11H2,1-4H3,(H,18,21);1H. The number of rotatable bonds is 4. The second kappa shape index (κ2) is 7.81. The third-order valence-electron chi connectivity index (χ3n) is 4.73. The number of nitrogens with zero attached hydrogens (tertiary/aromatic N) is 1. The van der Waals surface area contributed by atoms with Crippen molar-refractivity contribution >= 4 is 24.2 Å². The Labute approximate surface area is 145 Å². The Morgan fingerprint density at radius 2 is 2.00 bits per heavy atom. The van der Waals surface area contributed by atoms with Crippen LogP contribution in [-0.2, 0) is 14.3 Å². The van der Waals surface area contributed by atoms with E-state index in [0.717, 1.165) is 25.9 Å². The highest BCUT2D eigenvalue weighted by Gasteiger charge is 2.43. The molecule has 1 unspecified atom stereocenters. The fourth-order valence-corrected chi connectivity index (χ4v) is 3.41. The van der Waals surface area contributed by atoms with Gasteiger partial charge in [0.15, 0.2) is 0 Å². The molecule has 0 aromatic rings. The van der Waals surface area contributed by atoms with E-state index in [1.807, 2.05) is 25.7 Å². The first-order valence-corrected chi connectivity index (χ1v) is 8.10. The SMILES string of the molecule is COCC1(C(=O)NC2CC(=O)N(C(C)(C)C)C2)CCNCC1.Cl. The van der Waals surface area contributed by atoms with E-state index in [2.05, 4.69) is 10.6 Å². The molecule has 0 radical (unpaired) electrons. The van der Waals surface area contributed by atoms with Crippen molar-refractivity contribution < 1.29 is 14.3 Å². The quantitative estimate of drug-likeness (QED) is 0.794. The van der Waals surface area contributed by atoms with E-state index in [0.29, 0.717) is 19.6 Å². The predicted octanol–water partition coefficient (Wildman–Crippen LogP) is 0.940. The minimum Gasteiger partial charge on any atom is -0.384 e. The van der Waals surface area contributed by atoms with Gasteiger partial charge in [0.05, 0.1) is 18.1 Å². The average molecular weight is 348 g/mol. The third kappa shape index (κ3) is 4.58. The molecule has 23 heavy (non-hydrogen) atoms. The number of halogens is 1. The van der Waals surface area contributed by atoms with Crippen LogP contribution in [0.1, 0.15) is 40.0 Å². The van der Waals surface area contributed by atoms with Gasteiger partial charge in [0.2, 0.25) is 11.8 Å². The van der Waals surface area contributed by atoms with Crippen molar-refractivity contribution in [2.45, 2.75) is 51.6 Å². The number of piperidine rings is 1. The van der Waals surface area contributed by atoms with Crippen LogP contribution in [0.2, 0.25) is 0 Å².